The minimum atomic E-state index is -0.501. The molecule has 0 atom stereocenters. The molecule has 27 heavy (non-hydrogen) atoms. The number of urea groups is 1. The Morgan fingerprint density at radius 1 is 1.30 bits per heavy atom. The first-order valence-electron chi connectivity index (χ1n) is 7.98. The number of thiazole rings is 1. The highest BCUT2D eigenvalue weighted by Crippen LogP contribution is 2.33. The summed E-state index contributed by atoms with van der Waals surface area (Å²) in [6, 6.07) is 3.09. The highest BCUT2D eigenvalue weighted by Gasteiger charge is 2.23. The number of carbonyl (C=O) groups excluding carboxylic acids is 2. The highest BCUT2D eigenvalue weighted by atomic mass is 32.1. The predicted octanol–water partition coefficient (Wildman–Crippen LogP) is 1.93. The van der Waals surface area contributed by atoms with Gasteiger partial charge in [-0.2, -0.15) is 5.10 Å². The summed E-state index contributed by atoms with van der Waals surface area (Å²) < 4.78 is 6.38. The van der Waals surface area contributed by atoms with Crippen LogP contribution in [0, 0.1) is 0 Å². The van der Waals surface area contributed by atoms with Gasteiger partial charge in [-0.25, -0.2) is 29.2 Å². The van der Waals surface area contributed by atoms with Crippen molar-refractivity contribution in [3.8, 4) is 22.1 Å². The number of hydrogen-bond acceptors (Lipinski definition) is 8. The maximum atomic E-state index is 12.1. The average molecular weight is 387 g/mol. The van der Waals surface area contributed by atoms with Gasteiger partial charge in [0.2, 0.25) is 0 Å². The van der Waals surface area contributed by atoms with E-state index in [2.05, 4.69) is 30.7 Å². The van der Waals surface area contributed by atoms with Crippen LogP contribution >= 0.6 is 11.3 Å². The molecule has 0 aliphatic carbocycles. The molecule has 0 aromatic carbocycles. The lowest BCUT2D eigenvalue weighted by Gasteiger charge is -2.05. The number of anilines is 1. The molecule has 3 rings (SSSR count). The third-order valence-corrected chi connectivity index (χ3v) is 4.59. The Labute approximate surface area is 158 Å². The first-order valence-corrected chi connectivity index (χ1v) is 8.80. The van der Waals surface area contributed by atoms with E-state index in [0.29, 0.717) is 39.3 Å². The summed E-state index contributed by atoms with van der Waals surface area (Å²) in [7, 11) is 3.03. The first kappa shape index (κ1) is 18.5. The van der Waals surface area contributed by atoms with Crippen molar-refractivity contribution in [3.63, 3.8) is 0 Å². The molecule has 0 radical (unpaired) electrons. The van der Waals surface area contributed by atoms with E-state index in [1.807, 2.05) is 6.92 Å². The van der Waals surface area contributed by atoms with Crippen LogP contribution in [0.2, 0.25) is 0 Å². The quantitative estimate of drug-likeness (QED) is 0.641. The Morgan fingerprint density at radius 2 is 2.11 bits per heavy atom. The molecule has 0 fully saturated rings. The van der Waals surface area contributed by atoms with E-state index < -0.39 is 5.97 Å². The van der Waals surface area contributed by atoms with E-state index >= 15 is 0 Å². The van der Waals surface area contributed by atoms with Gasteiger partial charge in [0.15, 0.2) is 5.82 Å². The van der Waals surface area contributed by atoms with Crippen molar-refractivity contribution in [2.24, 2.45) is 7.05 Å². The van der Waals surface area contributed by atoms with Gasteiger partial charge in [0, 0.05) is 25.4 Å². The van der Waals surface area contributed by atoms with Gasteiger partial charge in [-0.3, -0.25) is 5.32 Å². The summed E-state index contributed by atoms with van der Waals surface area (Å²) in [5.74, 6) is 0.364. The third-order valence-electron chi connectivity index (χ3n) is 3.51. The van der Waals surface area contributed by atoms with Crippen molar-refractivity contribution in [3.05, 3.63) is 29.5 Å². The molecular weight excluding hydrogens is 370 g/mol. The minimum absolute atomic E-state index is 0.327. The zero-order valence-electron chi connectivity index (χ0n) is 14.9. The monoisotopic (exact) mass is 387 g/mol. The SMILES string of the molecule is CCNC(=O)Nc1ccc(-c2nc(-c3ncnn3C)c(C(=O)OC)s2)cn1. The largest absolute Gasteiger partial charge is 0.465 e. The normalized spacial score (nSPS) is 10.5. The van der Waals surface area contributed by atoms with Crippen molar-refractivity contribution >= 4 is 29.2 Å². The second-order valence-electron chi connectivity index (χ2n) is 5.31. The molecular formula is C16H17N7O3S. The third kappa shape index (κ3) is 3.92. The van der Waals surface area contributed by atoms with Crippen LogP contribution in [-0.4, -0.2) is 50.4 Å². The molecule has 11 heteroatoms. The van der Waals surface area contributed by atoms with Crippen LogP contribution in [0.1, 0.15) is 16.6 Å². The Bertz CT molecular complexity index is 965. The molecule has 0 saturated heterocycles. The van der Waals surface area contributed by atoms with Gasteiger partial charge in [-0.15, -0.1) is 11.3 Å². The van der Waals surface area contributed by atoms with Crippen molar-refractivity contribution in [2.45, 2.75) is 6.92 Å². The molecule has 0 unspecified atom stereocenters. The lowest BCUT2D eigenvalue weighted by atomic mass is 10.3. The fourth-order valence-corrected chi connectivity index (χ4v) is 3.22. The Balaban J connectivity index is 1.93. The molecule has 140 valence electrons. The van der Waals surface area contributed by atoms with Crippen molar-refractivity contribution < 1.29 is 14.3 Å². The number of methoxy groups -OCH3 is 1. The first-order chi connectivity index (χ1) is 13.0. The summed E-state index contributed by atoms with van der Waals surface area (Å²) in [6.45, 7) is 2.34. The van der Waals surface area contributed by atoms with Crippen molar-refractivity contribution in [2.75, 3.05) is 19.0 Å². The summed E-state index contributed by atoms with van der Waals surface area (Å²) >= 11 is 1.17. The van der Waals surface area contributed by atoms with Crippen LogP contribution in [0.5, 0.6) is 0 Å². The number of esters is 1. The molecule has 2 N–H and O–H groups in total. The van der Waals surface area contributed by atoms with E-state index in [9.17, 15) is 9.59 Å². The summed E-state index contributed by atoms with van der Waals surface area (Å²) in [5, 5.41) is 9.84. The summed E-state index contributed by atoms with van der Waals surface area (Å²) in [6.07, 6.45) is 2.96. The molecule has 0 bridgehead atoms. The number of ether oxygens (including phenoxy) is 1. The van der Waals surface area contributed by atoms with Gasteiger partial charge >= 0.3 is 12.0 Å². The van der Waals surface area contributed by atoms with E-state index in [1.165, 1.54) is 29.5 Å². The second kappa shape index (κ2) is 7.91. The molecule has 0 spiro atoms. The minimum Gasteiger partial charge on any atom is -0.465 e. The fourth-order valence-electron chi connectivity index (χ4n) is 2.25. The van der Waals surface area contributed by atoms with E-state index in [-0.39, 0.29) is 6.03 Å². The topological polar surface area (TPSA) is 124 Å². The average Bonchev–Trinajstić information content (AvgIpc) is 3.28. The number of aryl methyl sites for hydroxylation is 1. The molecule has 3 heterocycles. The zero-order valence-corrected chi connectivity index (χ0v) is 15.7. The van der Waals surface area contributed by atoms with Gasteiger partial charge < -0.3 is 10.1 Å². The lowest BCUT2D eigenvalue weighted by Crippen LogP contribution is -2.28. The number of hydrogen-bond donors (Lipinski definition) is 2. The summed E-state index contributed by atoms with van der Waals surface area (Å²) in [4.78, 5) is 36.9. The molecule has 2 amide bonds. The number of rotatable bonds is 5. The van der Waals surface area contributed by atoms with Gasteiger partial charge in [0.25, 0.3) is 0 Å². The Hall–Kier alpha value is -3.34. The number of pyridine rings is 1. The molecule has 3 aromatic rings. The maximum absolute atomic E-state index is 12.1. The molecule has 3 aromatic heterocycles. The molecule has 0 saturated carbocycles. The zero-order chi connectivity index (χ0) is 19.4. The molecule has 0 aliphatic rings. The van der Waals surface area contributed by atoms with Gasteiger partial charge in [-0.1, -0.05) is 0 Å². The van der Waals surface area contributed by atoms with Crippen LogP contribution in [0.25, 0.3) is 22.1 Å². The molecule has 10 nitrogen and oxygen atoms in total. The second-order valence-corrected chi connectivity index (χ2v) is 6.31. The number of carbonyl (C=O) groups is 2. The van der Waals surface area contributed by atoms with Crippen LogP contribution in [0.15, 0.2) is 24.7 Å². The van der Waals surface area contributed by atoms with E-state index in [4.69, 9.17) is 4.74 Å². The van der Waals surface area contributed by atoms with Gasteiger partial charge in [0.05, 0.1) is 7.11 Å². The predicted molar refractivity (Wildman–Crippen MR) is 99.4 cm³/mol. The van der Waals surface area contributed by atoms with Crippen LogP contribution in [0.4, 0.5) is 10.6 Å². The lowest BCUT2D eigenvalue weighted by molar-refractivity contribution is 0.0606. The van der Waals surface area contributed by atoms with Crippen LogP contribution in [-0.2, 0) is 11.8 Å². The Kier molecular flexibility index (Phi) is 5.41. The summed E-state index contributed by atoms with van der Waals surface area (Å²) in [5.41, 5.74) is 1.09. The Morgan fingerprint density at radius 3 is 2.70 bits per heavy atom. The number of nitrogens with zero attached hydrogens (tertiary/aromatic N) is 5. The molecule has 0 aliphatic heterocycles. The standard InChI is InChI=1S/C16H17N7O3S/c1-4-17-16(25)21-10-6-5-9(7-18-10)14-22-11(12(27-14)15(24)26-3)13-19-8-20-23(13)2/h5-8H,4H2,1-3H3,(H2,17,18,21,25). The smallest absolute Gasteiger partial charge is 0.350 e. The van der Waals surface area contributed by atoms with Crippen molar-refractivity contribution in [1.29, 1.82) is 0 Å². The number of aromatic nitrogens is 5. The van der Waals surface area contributed by atoms with Gasteiger partial charge in [-0.05, 0) is 19.1 Å². The fraction of sp³-hybridized carbons (Fsp3) is 0.250. The number of nitrogens with one attached hydrogen (secondary N) is 2. The van der Waals surface area contributed by atoms with E-state index in [0.717, 1.165) is 0 Å². The van der Waals surface area contributed by atoms with Crippen molar-refractivity contribution in [1.82, 2.24) is 30.0 Å². The van der Waals surface area contributed by atoms with Gasteiger partial charge in [0.1, 0.15) is 27.7 Å². The number of amides is 2. The van der Waals surface area contributed by atoms with Crippen LogP contribution in [0.3, 0.4) is 0 Å². The maximum Gasteiger partial charge on any atom is 0.350 e. The van der Waals surface area contributed by atoms with E-state index in [1.54, 1.807) is 25.4 Å². The highest BCUT2D eigenvalue weighted by molar-refractivity contribution is 7.17. The van der Waals surface area contributed by atoms with Crippen LogP contribution < -0.4 is 10.6 Å².